The Balaban J connectivity index is 1.49. The molecule has 0 atom stereocenters. The molecule has 31 heavy (non-hydrogen) atoms. The first-order valence-corrected chi connectivity index (χ1v) is 11.1. The lowest BCUT2D eigenvalue weighted by Crippen LogP contribution is -2.48. The predicted octanol–water partition coefficient (Wildman–Crippen LogP) is 3.24. The van der Waals surface area contributed by atoms with Crippen molar-refractivity contribution in [1.29, 1.82) is 0 Å². The van der Waals surface area contributed by atoms with Gasteiger partial charge in [-0.2, -0.15) is 0 Å². The molecule has 7 heteroatoms. The lowest BCUT2D eigenvalue weighted by molar-refractivity contribution is -0.169. The molecule has 0 unspecified atom stereocenters. The van der Waals surface area contributed by atoms with Gasteiger partial charge >= 0.3 is 0 Å². The third-order valence-corrected chi connectivity index (χ3v) is 5.81. The third-order valence-electron chi connectivity index (χ3n) is 5.81. The van der Waals surface area contributed by atoms with Gasteiger partial charge in [-0.15, -0.1) is 0 Å². The van der Waals surface area contributed by atoms with Gasteiger partial charge < -0.3 is 15.1 Å². The van der Waals surface area contributed by atoms with Gasteiger partial charge in [-0.3, -0.25) is 14.9 Å². The first-order valence-electron chi connectivity index (χ1n) is 11.1. The molecule has 1 heterocycles. The minimum Gasteiger partial charge on any atom is -0.372 e. The Morgan fingerprint density at radius 1 is 0.935 bits per heavy atom. The van der Waals surface area contributed by atoms with Gasteiger partial charge in [0, 0.05) is 56.3 Å². The molecule has 1 aliphatic rings. The van der Waals surface area contributed by atoms with Gasteiger partial charge in [-0.1, -0.05) is 12.1 Å². The van der Waals surface area contributed by atoms with E-state index in [0.29, 0.717) is 0 Å². The lowest BCUT2D eigenvalue weighted by Gasteiger charge is -2.32. The van der Waals surface area contributed by atoms with Crippen LogP contribution in [-0.2, 0) is 11.3 Å². The lowest BCUT2D eigenvalue weighted by atomic mass is 10.2. The molecule has 0 radical (unpaired) electrons. The van der Waals surface area contributed by atoms with E-state index >= 15 is 0 Å². The maximum Gasteiger partial charge on any atom is 0.260 e. The van der Waals surface area contributed by atoms with Crippen molar-refractivity contribution in [3.05, 3.63) is 54.1 Å². The smallest absolute Gasteiger partial charge is 0.260 e. The van der Waals surface area contributed by atoms with Crippen molar-refractivity contribution in [2.45, 2.75) is 20.4 Å². The Bertz CT molecular complexity index is 813. The zero-order valence-corrected chi connectivity index (χ0v) is 18.9. The summed E-state index contributed by atoms with van der Waals surface area (Å²) in [6, 6.07) is 16.2. The van der Waals surface area contributed by atoms with E-state index in [-0.39, 0.29) is 19.0 Å². The van der Waals surface area contributed by atoms with Crippen LogP contribution in [0.1, 0.15) is 19.4 Å². The number of hydrogen-bond donors (Lipinski definition) is 2. The predicted molar refractivity (Wildman–Crippen MR) is 126 cm³/mol. The summed E-state index contributed by atoms with van der Waals surface area (Å²) in [6.07, 6.45) is 0. The first kappa shape index (κ1) is 23.1. The van der Waals surface area contributed by atoms with Gasteiger partial charge in [0.05, 0.1) is 13.1 Å². The standard InChI is InChI=1S/C24H35N5O2/c1-4-28(5-2)23-12-10-22(11-13-23)25-21-8-6-20(7-9-21)18-29(31)24(30)19-27-16-14-26(3)15-17-27/h6-13,25,31H,4-5,14-19H2,1-3H3. The molecule has 2 N–H and O–H groups in total. The van der Waals surface area contributed by atoms with Gasteiger partial charge in [-0.05, 0) is 62.9 Å². The molecule has 0 aromatic heterocycles. The normalized spacial score (nSPS) is 15.0. The highest BCUT2D eigenvalue weighted by Crippen LogP contribution is 2.21. The van der Waals surface area contributed by atoms with Crippen molar-refractivity contribution >= 4 is 23.0 Å². The molecule has 0 saturated carbocycles. The van der Waals surface area contributed by atoms with Crippen molar-refractivity contribution in [3.63, 3.8) is 0 Å². The van der Waals surface area contributed by atoms with E-state index in [1.165, 1.54) is 5.69 Å². The fourth-order valence-electron chi connectivity index (χ4n) is 3.74. The Kier molecular flexibility index (Phi) is 8.28. The number of amides is 1. The fourth-order valence-corrected chi connectivity index (χ4v) is 3.74. The molecular weight excluding hydrogens is 390 g/mol. The highest BCUT2D eigenvalue weighted by molar-refractivity contribution is 5.77. The summed E-state index contributed by atoms with van der Waals surface area (Å²) in [7, 11) is 2.08. The summed E-state index contributed by atoms with van der Waals surface area (Å²) < 4.78 is 0. The number of likely N-dealkylation sites (N-methyl/N-ethyl adjacent to an activating group) is 1. The molecule has 3 rings (SSSR count). The van der Waals surface area contributed by atoms with Crippen LogP contribution in [0, 0.1) is 0 Å². The summed E-state index contributed by atoms with van der Waals surface area (Å²) in [6.45, 7) is 10.3. The van der Waals surface area contributed by atoms with Gasteiger partial charge in [0.1, 0.15) is 0 Å². The Morgan fingerprint density at radius 2 is 1.48 bits per heavy atom. The summed E-state index contributed by atoms with van der Waals surface area (Å²) in [5.74, 6) is -0.264. The Morgan fingerprint density at radius 3 is 2.03 bits per heavy atom. The average Bonchev–Trinajstić information content (AvgIpc) is 2.78. The molecule has 1 saturated heterocycles. The largest absolute Gasteiger partial charge is 0.372 e. The van der Waals surface area contributed by atoms with E-state index < -0.39 is 0 Å². The average molecular weight is 426 g/mol. The number of carbonyl (C=O) groups is 1. The highest BCUT2D eigenvalue weighted by atomic mass is 16.5. The maximum atomic E-state index is 12.3. The molecule has 168 valence electrons. The molecular formula is C24H35N5O2. The number of benzene rings is 2. The van der Waals surface area contributed by atoms with Crippen LogP contribution in [0.2, 0.25) is 0 Å². The van der Waals surface area contributed by atoms with Crippen molar-refractivity contribution < 1.29 is 10.0 Å². The van der Waals surface area contributed by atoms with Gasteiger partial charge in [0.25, 0.3) is 5.91 Å². The number of hydroxylamine groups is 2. The van der Waals surface area contributed by atoms with E-state index in [4.69, 9.17) is 0 Å². The van der Waals surface area contributed by atoms with Gasteiger partial charge in [-0.25, -0.2) is 5.06 Å². The molecule has 2 aromatic carbocycles. The van der Waals surface area contributed by atoms with Crippen molar-refractivity contribution in [3.8, 4) is 0 Å². The number of piperazine rings is 1. The molecule has 1 fully saturated rings. The van der Waals surface area contributed by atoms with E-state index in [1.807, 2.05) is 24.3 Å². The van der Waals surface area contributed by atoms with Crippen LogP contribution in [0.5, 0.6) is 0 Å². The van der Waals surface area contributed by atoms with Crippen molar-refractivity contribution in [1.82, 2.24) is 14.9 Å². The van der Waals surface area contributed by atoms with Crippen molar-refractivity contribution in [2.75, 3.05) is 63.1 Å². The van der Waals surface area contributed by atoms with Crippen molar-refractivity contribution in [2.24, 2.45) is 0 Å². The van der Waals surface area contributed by atoms with Crippen LogP contribution >= 0.6 is 0 Å². The Labute approximate surface area is 185 Å². The summed E-state index contributed by atoms with van der Waals surface area (Å²) in [4.78, 5) is 19.0. The van der Waals surface area contributed by atoms with Crippen LogP contribution in [0.15, 0.2) is 48.5 Å². The number of nitrogens with zero attached hydrogens (tertiary/aromatic N) is 4. The molecule has 7 nitrogen and oxygen atoms in total. The SMILES string of the molecule is CCN(CC)c1ccc(Nc2ccc(CN(O)C(=O)CN3CCN(C)CC3)cc2)cc1. The number of carbonyl (C=O) groups excluding carboxylic acids is 1. The molecule has 1 amide bonds. The van der Waals surface area contributed by atoms with Crippen LogP contribution in [0.3, 0.4) is 0 Å². The summed E-state index contributed by atoms with van der Waals surface area (Å²) >= 11 is 0. The molecule has 0 aliphatic carbocycles. The maximum absolute atomic E-state index is 12.3. The number of nitrogens with one attached hydrogen (secondary N) is 1. The van der Waals surface area contributed by atoms with Crippen LogP contribution in [0.4, 0.5) is 17.1 Å². The zero-order valence-electron chi connectivity index (χ0n) is 18.9. The summed E-state index contributed by atoms with van der Waals surface area (Å²) in [5, 5.41) is 14.4. The molecule has 2 aromatic rings. The second kappa shape index (κ2) is 11.1. The zero-order chi connectivity index (χ0) is 22.2. The second-order valence-corrected chi connectivity index (χ2v) is 8.07. The quantitative estimate of drug-likeness (QED) is 0.475. The van der Waals surface area contributed by atoms with Crippen LogP contribution in [0.25, 0.3) is 0 Å². The monoisotopic (exact) mass is 425 g/mol. The molecule has 0 bridgehead atoms. The number of hydrogen-bond acceptors (Lipinski definition) is 6. The highest BCUT2D eigenvalue weighted by Gasteiger charge is 2.19. The van der Waals surface area contributed by atoms with E-state index in [0.717, 1.165) is 61.3 Å². The Hall–Kier alpha value is -2.61. The van der Waals surface area contributed by atoms with Gasteiger partial charge in [0.15, 0.2) is 0 Å². The fraction of sp³-hybridized carbons (Fsp3) is 0.458. The van der Waals surface area contributed by atoms with E-state index in [2.05, 4.69) is 65.2 Å². The number of anilines is 3. The van der Waals surface area contributed by atoms with E-state index in [1.54, 1.807) is 0 Å². The van der Waals surface area contributed by atoms with Crippen LogP contribution in [-0.4, -0.2) is 78.8 Å². The first-order chi connectivity index (χ1) is 15.0. The molecule has 1 aliphatic heterocycles. The second-order valence-electron chi connectivity index (χ2n) is 8.07. The van der Waals surface area contributed by atoms with Crippen LogP contribution < -0.4 is 10.2 Å². The molecule has 0 spiro atoms. The third kappa shape index (κ3) is 6.69. The van der Waals surface area contributed by atoms with E-state index in [9.17, 15) is 10.0 Å². The topological polar surface area (TPSA) is 62.3 Å². The summed E-state index contributed by atoms with van der Waals surface area (Å²) in [5.41, 5.74) is 4.09. The van der Waals surface area contributed by atoms with Gasteiger partial charge in [0.2, 0.25) is 0 Å². The minimum absolute atomic E-state index is 0.186. The number of rotatable bonds is 9. The minimum atomic E-state index is -0.264.